The number of Topliss-reactive ketones (excluding diaryl/α,β-unsaturated/α-hetero) is 2. The molecule has 0 radical (unpaired) electrons. The molecule has 2 saturated carbocycles. The van der Waals surface area contributed by atoms with E-state index in [1.807, 2.05) is 0 Å². The van der Waals surface area contributed by atoms with Gasteiger partial charge in [-0.25, -0.2) is 48.4 Å². The van der Waals surface area contributed by atoms with E-state index in [9.17, 15) is 35.2 Å². The maximum absolute atomic E-state index is 14.6. The summed E-state index contributed by atoms with van der Waals surface area (Å²) in [5.74, 6) is -1.46. The zero-order valence-corrected chi connectivity index (χ0v) is 45.8. The predicted octanol–water partition coefficient (Wildman–Crippen LogP) is 11.8. The van der Waals surface area contributed by atoms with Crippen molar-refractivity contribution in [3.05, 3.63) is 146 Å². The van der Waals surface area contributed by atoms with Crippen LogP contribution in [0, 0.1) is 31.9 Å². The molecule has 4 heterocycles. The van der Waals surface area contributed by atoms with E-state index >= 15 is 0 Å². The van der Waals surface area contributed by atoms with Crippen molar-refractivity contribution in [2.24, 2.45) is 0 Å². The molecule has 67 heavy (non-hydrogen) atoms. The summed E-state index contributed by atoms with van der Waals surface area (Å²) in [7, 11) is -8.50. The second-order valence-electron chi connectivity index (χ2n) is 15.4. The summed E-state index contributed by atoms with van der Waals surface area (Å²) >= 11 is 19.7. The van der Waals surface area contributed by atoms with Gasteiger partial charge in [-0.2, -0.15) is 0 Å². The van der Waals surface area contributed by atoms with Crippen LogP contribution in [0.4, 0.5) is 20.2 Å². The second-order valence-corrected chi connectivity index (χ2v) is 20.3. The minimum atomic E-state index is -4.26. The van der Waals surface area contributed by atoms with Gasteiger partial charge in [-0.3, -0.25) is 29.0 Å². The van der Waals surface area contributed by atoms with Crippen molar-refractivity contribution in [2.45, 2.75) is 81.9 Å². The van der Waals surface area contributed by atoms with Crippen molar-refractivity contribution in [3.8, 4) is 22.3 Å². The Morgan fingerprint density at radius 1 is 0.701 bits per heavy atom. The van der Waals surface area contributed by atoms with Crippen LogP contribution in [0.25, 0.3) is 22.3 Å². The summed E-state index contributed by atoms with van der Waals surface area (Å²) in [6, 6.07) is 14.8. The van der Waals surface area contributed by atoms with Crippen LogP contribution < -0.4 is 9.44 Å². The molecule has 21 heteroatoms. The van der Waals surface area contributed by atoms with Gasteiger partial charge in [0.15, 0.2) is 10.3 Å². The predicted molar refractivity (Wildman–Crippen MR) is 260 cm³/mol. The number of benzene rings is 2. The fourth-order valence-corrected chi connectivity index (χ4v) is 9.74. The summed E-state index contributed by atoms with van der Waals surface area (Å²) in [5.41, 5.74) is 5.71. The van der Waals surface area contributed by atoms with Crippen molar-refractivity contribution in [1.29, 1.82) is 0 Å². The summed E-state index contributed by atoms with van der Waals surface area (Å²) < 4.78 is 85.4. The van der Waals surface area contributed by atoms with Crippen LogP contribution >= 0.6 is 52.8 Å². The third-order valence-corrected chi connectivity index (χ3v) is 13.8. The molecule has 0 spiro atoms. The van der Waals surface area contributed by atoms with Gasteiger partial charge in [-0.15, -0.1) is 0 Å². The van der Waals surface area contributed by atoms with Gasteiger partial charge in [-0.05, 0) is 129 Å². The number of carbonyl (C=O) groups excluding carboxylic acids is 2. The Bertz CT molecular complexity index is 3040. The first-order chi connectivity index (χ1) is 31.7. The summed E-state index contributed by atoms with van der Waals surface area (Å²) in [4.78, 5) is 38.4. The van der Waals surface area contributed by atoms with Gasteiger partial charge in [0.05, 0.1) is 11.4 Å². The summed E-state index contributed by atoms with van der Waals surface area (Å²) in [6.45, 7) is 6.31. The maximum atomic E-state index is 14.6. The molecule has 0 amide bonds. The number of ketones is 2. The van der Waals surface area contributed by atoms with Crippen LogP contribution in [-0.4, -0.2) is 48.3 Å². The van der Waals surface area contributed by atoms with E-state index in [1.54, 1.807) is 56.6 Å². The third-order valence-electron chi connectivity index (χ3n) is 9.94. The fourth-order valence-electron chi connectivity index (χ4n) is 6.44. The number of nitrogens with one attached hydrogen (secondary N) is 2. The molecule has 6 aromatic rings. The molecule has 12 nitrogen and oxygen atoms in total. The van der Waals surface area contributed by atoms with Crippen LogP contribution in [0.15, 0.2) is 99.7 Å². The van der Waals surface area contributed by atoms with Crippen LogP contribution in [0.5, 0.6) is 0 Å². The number of carbonyl (C=O) groups is 2. The van der Waals surface area contributed by atoms with Gasteiger partial charge in [0.25, 0.3) is 20.0 Å². The van der Waals surface area contributed by atoms with E-state index in [1.165, 1.54) is 73.6 Å². The molecule has 0 aliphatic heterocycles. The van der Waals surface area contributed by atoms with Crippen LogP contribution in [-0.2, 0) is 58.8 Å². The molecule has 4 aromatic heterocycles. The Hall–Kier alpha value is -4.10. The zero-order valence-electron chi connectivity index (χ0n) is 36.5. The monoisotopic (exact) mass is 1170 g/mol. The Labute approximate surface area is 423 Å². The molecule has 2 fully saturated rings. The standard InChI is InChI=1S/C23H21ClFN3O3S.C20H16BrClFN3O3S.C3H5.BrH.Zn/c1-13(29)9-18-10-17(7-8-26-18)19-12-27-23(24)22(14(19)2)28-32(30,31)21-6-5-16(11-20(21)25)15-3-4-15;1-11(27)7-15-8-13(5-6-24-15)16-10-25-20(22)19(12(16)2)26-30(28,29)18-4-3-14(21)9-17(18)23;1-2-3-1;;/h5-8,10-12,15,28H,3-4,9H2,1-2H3;3-6,8-10,26H,7H2,1-2H3;1H,2-3H2;1H;/q;;-1;;+2/p-1. The molecule has 2 N–H and O–H groups in total. The van der Waals surface area contributed by atoms with Crippen molar-refractivity contribution in [1.82, 2.24) is 19.9 Å². The first-order valence-electron chi connectivity index (χ1n) is 20.3. The van der Waals surface area contributed by atoms with E-state index in [-0.39, 0.29) is 46.1 Å². The van der Waals surface area contributed by atoms with Crippen molar-refractivity contribution < 1.29 is 51.5 Å². The van der Waals surface area contributed by atoms with Crippen LogP contribution in [0.1, 0.15) is 73.5 Å². The van der Waals surface area contributed by atoms with E-state index in [2.05, 4.69) is 65.4 Å². The number of pyridine rings is 4. The Balaban J connectivity index is 0.000000228. The molecular weight excluding hydrogens is 1130 g/mol. The molecule has 0 saturated heterocycles. The van der Waals surface area contributed by atoms with E-state index in [0.29, 0.717) is 55.2 Å². The Kier molecular flexibility index (Phi) is 19.3. The molecular formula is C46H42Br2Cl2F2N6O6S2Zn. The van der Waals surface area contributed by atoms with Gasteiger partial charge in [-0.1, -0.05) is 45.2 Å². The minimum absolute atomic E-state index is 0.0243. The van der Waals surface area contributed by atoms with Crippen molar-refractivity contribution in [3.63, 3.8) is 0 Å². The molecule has 2 aliphatic rings. The topological polar surface area (TPSA) is 178 Å². The number of hydrogen-bond donors (Lipinski definition) is 2. The number of hydrogen-bond acceptors (Lipinski definition) is 10. The molecule has 2 aliphatic carbocycles. The van der Waals surface area contributed by atoms with Gasteiger partial charge in [0, 0.05) is 64.6 Å². The second kappa shape index (κ2) is 24.0. The number of nitrogens with zero attached hydrogens (tertiary/aromatic N) is 4. The van der Waals surface area contributed by atoms with E-state index in [0.717, 1.165) is 30.5 Å². The molecule has 2 aromatic carbocycles. The SMILES string of the molecule is CC(=O)Cc1cc(-c2cnc(Cl)c(NS(=O)(=O)c3ccc(Br)cc3F)c2C)ccn1.CC(=O)Cc1cc(-c2cnc(Cl)c(NS(=O)(=O)c3ccc(C4CC4)cc3F)c2C)ccn1.[CH-]1CC1.[Zn+][Br]. The summed E-state index contributed by atoms with van der Waals surface area (Å²) in [6.07, 6.45) is 13.5. The van der Waals surface area contributed by atoms with Crippen LogP contribution in [0.2, 0.25) is 10.3 Å². The number of halogens is 6. The molecule has 0 bridgehead atoms. The quantitative estimate of drug-likeness (QED) is 0.0642. The fraction of sp³-hybridized carbons (Fsp3) is 0.239. The van der Waals surface area contributed by atoms with Crippen LogP contribution in [0.3, 0.4) is 0 Å². The average Bonchev–Trinajstić information content (AvgIpc) is 4.18. The Morgan fingerprint density at radius 3 is 1.49 bits per heavy atom. The summed E-state index contributed by atoms with van der Waals surface area (Å²) in [5, 5.41) is -0.127. The van der Waals surface area contributed by atoms with Crippen molar-refractivity contribution >= 4 is 95.7 Å². The molecule has 0 unspecified atom stereocenters. The molecule has 348 valence electrons. The van der Waals surface area contributed by atoms with E-state index < -0.39 is 41.5 Å². The van der Waals surface area contributed by atoms with Gasteiger partial charge in [0.1, 0.15) is 33.0 Å². The number of sulfonamides is 2. The van der Waals surface area contributed by atoms with Gasteiger partial charge in [0.2, 0.25) is 0 Å². The normalized spacial score (nSPS) is 12.8. The first-order valence-corrected chi connectivity index (χ1v) is 31.8. The van der Waals surface area contributed by atoms with Gasteiger partial charge < -0.3 is 6.42 Å². The third kappa shape index (κ3) is 14.9. The first kappa shape index (κ1) is 53.9. The Morgan fingerprint density at radius 2 is 1.12 bits per heavy atom. The number of anilines is 2. The molecule has 8 rings (SSSR count). The number of aromatic nitrogens is 4. The van der Waals surface area contributed by atoms with Gasteiger partial charge >= 0.3 is 30.0 Å². The molecule has 0 atom stereocenters. The zero-order chi connectivity index (χ0) is 49.2. The average molecular weight is 1170 g/mol. The van der Waals surface area contributed by atoms with E-state index in [4.69, 9.17) is 23.2 Å². The number of rotatable bonds is 13. The van der Waals surface area contributed by atoms with Crippen molar-refractivity contribution in [2.75, 3.05) is 9.44 Å².